The van der Waals surface area contributed by atoms with Crippen molar-refractivity contribution in [1.29, 1.82) is 0 Å². The molecule has 0 unspecified atom stereocenters. The normalized spacial score (nSPS) is 13.8. The summed E-state index contributed by atoms with van der Waals surface area (Å²) in [7, 11) is 0. The molecule has 10 nitrogen and oxygen atoms in total. The van der Waals surface area contributed by atoms with Crippen molar-refractivity contribution in [2.24, 2.45) is 5.10 Å². The number of tetrazole rings is 1. The van der Waals surface area contributed by atoms with E-state index in [4.69, 9.17) is 10.2 Å². The van der Waals surface area contributed by atoms with Gasteiger partial charge >= 0.3 is 0 Å². The highest BCUT2D eigenvalue weighted by molar-refractivity contribution is 6.21. The van der Waals surface area contributed by atoms with E-state index in [0.717, 1.165) is 4.79 Å². The van der Waals surface area contributed by atoms with Gasteiger partial charge in [0.1, 0.15) is 11.5 Å². The molecule has 1 aromatic carbocycles. The number of aromatic nitrogens is 4. The average Bonchev–Trinajstić information content (AvgIpc) is 3.33. The highest BCUT2D eigenvalue weighted by atomic mass is 16.3. The number of hydrogen-bond acceptors (Lipinski definition) is 8. The standard InChI is InChI=1S/C16H13N7O3/c1-2-22-14(24)11-5-3-9(7-12(11)15(22)25)13-6-4-10(26-13)8-18-23-16(17)19-20-21-23/h3-8H,2H2,1H3,(H2,17,19,21). The van der Waals surface area contributed by atoms with Gasteiger partial charge in [-0.15, -0.1) is 0 Å². The fourth-order valence-electron chi connectivity index (χ4n) is 2.69. The van der Waals surface area contributed by atoms with Crippen molar-refractivity contribution in [2.75, 3.05) is 12.3 Å². The smallest absolute Gasteiger partial charge is 0.263 e. The minimum absolute atomic E-state index is 0.0512. The zero-order valence-corrected chi connectivity index (χ0v) is 13.7. The van der Waals surface area contributed by atoms with E-state index in [1.165, 1.54) is 11.1 Å². The first kappa shape index (κ1) is 15.7. The molecule has 0 aliphatic carbocycles. The predicted octanol–water partition coefficient (Wildman–Crippen LogP) is 1.01. The van der Waals surface area contributed by atoms with Crippen LogP contribution in [0.5, 0.6) is 0 Å². The Morgan fingerprint density at radius 2 is 2.00 bits per heavy atom. The van der Waals surface area contributed by atoms with Gasteiger partial charge in [0.15, 0.2) is 0 Å². The molecule has 3 heterocycles. The first-order valence-corrected chi connectivity index (χ1v) is 7.77. The third-order valence-electron chi connectivity index (χ3n) is 3.97. The molecule has 10 heteroatoms. The summed E-state index contributed by atoms with van der Waals surface area (Å²) < 4.78 is 5.70. The van der Waals surface area contributed by atoms with E-state index in [2.05, 4.69) is 20.6 Å². The SMILES string of the molecule is CCN1C(=O)c2ccc(-c3ccc(C=Nn4nnnc4N)o3)cc2C1=O. The maximum absolute atomic E-state index is 12.3. The van der Waals surface area contributed by atoms with Gasteiger partial charge in [0.25, 0.3) is 17.8 Å². The monoisotopic (exact) mass is 351 g/mol. The Bertz CT molecular complexity index is 1050. The van der Waals surface area contributed by atoms with Crippen molar-refractivity contribution >= 4 is 24.0 Å². The summed E-state index contributed by atoms with van der Waals surface area (Å²) in [6.45, 7) is 2.10. The van der Waals surface area contributed by atoms with Gasteiger partial charge in [-0.1, -0.05) is 16.0 Å². The number of amides is 2. The molecule has 0 fully saturated rings. The number of hydrogen-bond donors (Lipinski definition) is 1. The molecule has 1 aliphatic rings. The van der Waals surface area contributed by atoms with Crippen LogP contribution >= 0.6 is 0 Å². The summed E-state index contributed by atoms with van der Waals surface area (Å²) in [6, 6.07) is 8.48. The van der Waals surface area contributed by atoms with Gasteiger partial charge in [0.05, 0.1) is 17.3 Å². The molecular formula is C16H13N7O3. The van der Waals surface area contributed by atoms with Gasteiger partial charge in [0.2, 0.25) is 0 Å². The molecule has 2 amide bonds. The van der Waals surface area contributed by atoms with Crippen molar-refractivity contribution in [1.82, 2.24) is 25.2 Å². The minimum Gasteiger partial charge on any atom is -0.455 e. The van der Waals surface area contributed by atoms with Crippen molar-refractivity contribution in [3.05, 3.63) is 47.2 Å². The van der Waals surface area contributed by atoms with Gasteiger partial charge in [-0.3, -0.25) is 14.5 Å². The maximum atomic E-state index is 12.3. The van der Waals surface area contributed by atoms with Crippen LogP contribution in [0.4, 0.5) is 5.95 Å². The maximum Gasteiger partial charge on any atom is 0.263 e. The van der Waals surface area contributed by atoms with E-state index in [1.54, 1.807) is 37.3 Å². The molecule has 0 saturated heterocycles. The van der Waals surface area contributed by atoms with E-state index in [9.17, 15) is 9.59 Å². The summed E-state index contributed by atoms with van der Waals surface area (Å²) in [5, 5.41) is 14.4. The van der Waals surface area contributed by atoms with Crippen LogP contribution in [0.3, 0.4) is 0 Å². The second kappa shape index (κ2) is 5.92. The Hall–Kier alpha value is -3.82. The lowest BCUT2D eigenvalue weighted by Gasteiger charge is -2.08. The lowest BCUT2D eigenvalue weighted by Crippen LogP contribution is -2.29. The molecule has 4 rings (SSSR count). The lowest BCUT2D eigenvalue weighted by molar-refractivity contribution is 0.0663. The van der Waals surface area contributed by atoms with Crippen LogP contribution in [-0.4, -0.2) is 49.8 Å². The van der Waals surface area contributed by atoms with Crippen molar-refractivity contribution in [3.8, 4) is 11.3 Å². The zero-order valence-electron chi connectivity index (χ0n) is 13.7. The van der Waals surface area contributed by atoms with E-state index in [-0.39, 0.29) is 17.8 Å². The van der Waals surface area contributed by atoms with Gasteiger partial charge in [-0.05, 0) is 41.6 Å². The number of imide groups is 1. The van der Waals surface area contributed by atoms with Crippen LogP contribution in [0.25, 0.3) is 11.3 Å². The van der Waals surface area contributed by atoms with E-state index >= 15 is 0 Å². The van der Waals surface area contributed by atoms with Crippen LogP contribution in [-0.2, 0) is 0 Å². The topological polar surface area (TPSA) is 132 Å². The Kier molecular flexibility index (Phi) is 3.57. The summed E-state index contributed by atoms with van der Waals surface area (Å²) in [4.78, 5) is 26.7. The lowest BCUT2D eigenvalue weighted by atomic mass is 10.0. The molecule has 2 aromatic heterocycles. The summed E-state index contributed by atoms with van der Waals surface area (Å²) in [6.07, 6.45) is 1.41. The minimum atomic E-state index is -0.295. The quantitative estimate of drug-likeness (QED) is 0.548. The number of carbonyl (C=O) groups excluding carboxylic acids is 2. The van der Waals surface area contributed by atoms with E-state index in [1.807, 2.05) is 0 Å². The number of nitrogens with zero attached hydrogens (tertiary/aromatic N) is 6. The molecule has 1 aliphatic heterocycles. The molecule has 0 atom stereocenters. The number of anilines is 1. The molecule has 0 radical (unpaired) electrons. The number of carbonyl (C=O) groups is 2. The largest absolute Gasteiger partial charge is 0.455 e. The number of rotatable bonds is 4. The molecule has 0 saturated carbocycles. The fraction of sp³-hybridized carbons (Fsp3) is 0.125. The molecule has 3 aromatic rings. The predicted molar refractivity (Wildman–Crippen MR) is 90.4 cm³/mol. The molecule has 130 valence electrons. The number of benzene rings is 1. The molecule has 0 bridgehead atoms. The molecule has 0 spiro atoms. The van der Waals surface area contributed by atoms with Crippen LogP contribution in [0.1, 0.15) is 33.4 Å². The number of fused-ring (bicyclic) bond motifs is 1. The number of nitrogens with two attached hydrogens (primary N) is 1. The Morgan fingerprint density at radius 3 is 2.73 bits per heavy atom. The molecule has 2 N–H and O–H groups in total. The van der Waals surface area contributed by atoms with Crippen molar-refractivity contribution < 1.29 is 14.0 Å². The molecule has 26 heavy (non-hydrogen) atoms. The number of furan rings is 1. The van der Waals surface area contributed by atoms with Crippen LogP contribution in [0.15, 0.2) is 39.9 Å². The highest BCUT2D eigenvalue weighted by Crippen LogP contribution is 2.29. The average molecular weight is 351 g/mol. The Labute approximate surface area is 146 Å². The van der Waals surface area contributed by atoms with E-state index < -0.39 is 0 Å². The first-order valence-electron chi connectivity index (χ1n) is 7.77. The van der Waals surface area contributed by atoms with Crippen molar-refractivity contribution in [2.45, 2.75) is 6.92 Å². The summed E-state index contributed by atoms with van der Waals surface area (Å²) in [5.41, 5.74) is 6.99. The third kappa shape index (κ3) is 2.44. The molecular weight excluding hydrogens is 338 g/mol. The zero-order chi connectivity index (χ0) is 18.3. The van der Waals surface area contributed by atoms with Gasteiger partial charge < -0.3 is 10.2 Å². The fourth-order valence-corrected chi connectivity index (χ4v) is 2.69. The Morgan fingerprint density at radius 1 is 1.19 bits per heavy atom. The second-order valence-electron chi connectivity index (χ2n) is 5.49. The highest BCUT2D eigenvalue weighted by Gasteiger charge is 2.34. The first-order chi connectivity index (χ1) is 12.6. The van der Waals surface area contributed by atoms with E-state index in [0.29, 0.717) is 34.8 Å². The van der Waals surface area contributed by atoms with Gasteiger partial charge in [-0.2, -0.15) is 5.10 Å². The van der Waals surface area contributed by atoms with Crippen molar-refractivity contribution in [3.63, 3.8) is 0 Å². The summed E-state index contributed by atoms with van der Waals surface area (Å²) >= 11 is 0. The van der Waals surface area contributed by atoms with Crippen LogP contribution < -0.4 is 5.73 Å². The van der Waals surface area contributed by atoms with Gasteiger partial charge in [0, 0.05) is 12.1 Å². The van der Waals surface area contributed by atoms with Crippen LogP contribution in [0.2, 0.25) is 0 Å². The Balaban J connectivity index is 1.62. The summed E-state index contributed by atoms with van der Waals surface area (Å²) in [5.74, 6) is 0.472. The second-order valence-corrected chi connectivity index (χ2v) is 5.49. The number of nitrogen functional groups attached to an aromatic ring is 1. The van der Waals surface area contributed by atoms with Crippen LogP contribution in [0, 0.1) is 0 Å². The van der Waals surface area contributed by atoms with Gasteiger partial charge in [-0.25, -0.2) is 0 Å². The third-order valence-corrected chi connectivity index (χ3v) is 3.97.